The molecule has 1 aromatic carbocycles. The van der Waals surface area contributed by atoms with E-state index < -0.39 is 11.7 Å². The van der Waals surface area contributed by atoms with Gasteiger partial charge in [0.2, 0.25) is 0 Å². The van der Waals surface area contributed by atoms with E-state index in [0.717, 1.165) is 24.5 Å². The first-order valence-corrected chi connectivity index (χ1v) is 12.1. The molecule has 0 amide bonds. The van der Waals surface area contributed by atoms with Gasteiger partial charge in [0.25, 0.3) is 5.92 Å². The average Bonchev–Trinajstić information content (AvgIpc) is 3.41. The van der Waals surface area contributed by atoms with Crippen LogP contribution in [0.1, 0.15) is 50.6 Å². The minimum Gasteiger partial charge on any atom is -0.370 e. The van der Waals surface area contributed by atoms with Crippen LogP contribution in [0, 0.1) is 11.2 Å². The smallest absolute Gasteiger partial charge is 0.251 e. The van der Waals surface area contributed by atoms with Gasteiger partial charge >= 0.3 is 0 Å². The second-order valence-electron chi connectivity index (χ2n) is 10.1. The van der Waals surface area contributed by atoms with Crippen LogP contribution in [0.15, 0.2) is 42.6 Å². The summed E-state index contributed by atoms with van der Waals surface area (Å²) in [6, 6.07) is 8.50. The molecule has 0 N–H and O–H groups in total. The second kappa shape index (κ2) is 8.24. The molecule has 2 radical (unpaired) electrons. The SMILES string of the molecule is [B]c1ccc(-n2cc(-c3nc(C4=CCC(F)(F)CC4)ccc3F)nn2)c(N2CCC3(CC2)CC3)c1. The van der Waals surface area contributed by atoms with Crippen molar-refractivity contribution in [1.29, 1.82) is 0 Å². The number of hydrogen-bond acceptors (Lipinski definition) is 4. The maximum atomic E-state index is 14.8. The second-order valence-corrected chi connectivity index (χ2v) is 10.1. The Labute approximate surface area is 203 Å². The number of nitrogens with zero attached hydrogens (tertiary/aromatic N) is 5. The summed E-state index contributed by atoms with van der Waals surface area (Å²) in [6.45, 7) is 1.93. The van der Waals surface area contributed by atoms with Crippen molar-refractivity contribution in [3.63, 3.8) is 0 Å². The molecule has 3 heterocycles. The molecule has 1 aliphatic heterocycles. The third-order valence-corrected chi connectivity index (χ3v) is 7.69. The molecule has 0 atom stereocenters. The maximum absolute atomic E-state index is 14.8. The van der Waals surface area contributed by atoms with Crippen LogP contribution in [-0.4, -0.2) is 46.8 Å². The molecule has 5 nitrogen and oxygen atoms in total. The highest BCUT2D eigenvalue weighted by atomic mass is 19.3. The number of benzene rings is 1. The van der Waals surface area contributed by atoms with Crippen LogP contribution in [-0.2, 0) is 0 Å². The van der Waals surface area contributed by atoms with Gasteiger partial charge in [-0.1, -0.05) is 22.8 Å². The van der Waals surface area contributed by atoms with Crippen molar-refractivity contribution < 1.29 is 13.2 Å². The van der Waals surface area contributed by atoms with Crippen molar-refractivity contribution in [2.45, 2.75) is 50.9 Å². The quantitative estimate of drug-likeness (QED) is 0.507. The number of hydrogen-bond donors (Lipinski definition) is 0. The Morgan fingerprint density at radius 2 is 1.71 bits per heavy atom. The van der Waals surface area contributed by atoms with Gasteiger partial charge < -0.3 is 4.90 Å². The third-order valence-electron chi connectivity index (χ3n) is 7.69. The molecule has 6 rings (SSSR count). The van der Waals surface area contributed by atoms with Gasteiger partial charge in [-0.3, -0.25) is 0 Å². The van der Waals surface area contributed by atoms with E-state index in [1.807, 2.05) is 18.2 Å². The first-order chi connectivity index (χ1) is 16.8. The molecular weight excluding hydrogens is 450 g/mol. The summed E-state index contributed by atoms with van der Waals surface area (Å²) in [4.78, 5) is 6.77. The summed E-state index contributed by atoms with van der Waals surface area (Å²) in [5.74, 6) is -3.23. The molecule has 1 saturated carbocycles. The minimum atomic E-state index is -2.70. The van der Waals surface area contributed by atoms with Crippen LogP contribution in [0.5, 0.6) is 0 Å². The van der Waals surface area contributed by atoms with Crippen LogP contribution in [0.2, 0.25) is 0 Å². The maximum Gasteiger partial charge on any atom is 0.251 e. The van der Waals surface area contributed by atoms with Gasteiger partial charge in [0.15, 0.2) is 5.82 Å². The molecule has 2 aliphatic carbocycles. The molecule has 2 fully saturated rings. The van der Waals surface area contributed by atoms with E-state index in [0.29, 0.717) is 22.1 Å². The van der Waals surface area contributed by atoms with Crippen molar-refractivity contribution in [3.05, 3.63) is 54.1 Å². The Balaban J connectivity index is 1.31. The van der Waals surface area contributed by atoms with E-state index in [1.165, 1.54) is 43.9 Å². The topological polar surface area (TPSA) is 46.8 Å². The number of anilines is 1. The number of allylic oxidation sites excluding steroid dienone is 2. The highest BCUT2D eigenvalue weighted by Crippen LogP contribution is 2.54. The highest BCUT2D eigenvalue weighted by Gasteiger charge is 2.44. The molecule has 3 aromatic rings. The van der Waals surface area contributed by atoms with Crippen molar-refractivity contribution in [3.8, 4) is 17.1 Å². The Morgan fingerprint density at radius 1 is 0.914 bits per heavy atom. The highest BCUT2D eigenvalue weighted by molar-refractivity contribution is 6.32. The fourth-order valence-corrected chi connectivity index (χ4v) is 5.20. The lowest BCUT2D eigenvalue weighted by molar-refractivity contribution is -0.00605. The average molecular weight is 475 g/mol. The van der Waals surface area contributed by atoms with Crippen LogP contribution in [0.4, 0.5) is 18.9 Å². The first-order valence-electron chi connectivity index (χ1n) is 12.1. The number of halogens is 3. The van der Waals surface area contributed by atoms with Crippen molar-refractivity contribution >= 4 is 24.6 Å². The first kappa shape index (κ1) is 22.4. The van der Waals surface area contributed by atoms with Gasteiger partial charge in [-0.25, -0.2) is 22.8 Å². The number of aromatic nitrogens is 4. The Kier molecular flexibility index (Phi) is 5.27. The van der Waals surface area contributed by atoms with Gasteiger partial charge in [-0.05, 0) is 67.4 Å². The van der Waals surface area contributed by atoms with Gasteiger partial charge in [0, 0.05) is 25.9 Å². The Hall–Kier alpha value is -3.10. The molecule has 1 saturated heterocycles. The van der Waals surface area contributed by atoms with E-state index in [9.17, 15) is 13.2 Å². The van der Waals surface area contributed by atoms with E-state index in [-0.39, 0.29) is 30.7 Å². The lowest BCUT2D eigenvalue weighted by atomic mass is 9.91. The summed E-state index contributed by atoms with van der Waals surface area (Å²) in [6.07, 6.45) is 7.79. The number of pyridine rings is 1. The van der Waals surface area contributed by atoms with Gasteiger partial charge in [-0.15, -0.1) is 5.10 Å². The van der Waals surface area contributed by atoms with Crippen LogP contribution in [0.3, 0.4) is 0 Å². The lowest BCUT2D eigenvalue weighted by Gasteiger charge is -2.35. The summed E-state index contributed by atoms with van der Waals surface area (Å²) < 4.78 is 43.5. The van der Waals surface area contributed by atoms with Crippen LogP contribution >= 0.6 is 0 Å². The monoisotopic (exact) mass is 475 g/mol. The van der Waals surface area contributed by atoms with Gasteiger partial charge in [0.05, 0.1) is 23.3 Å². The van der Waals surface area contributed by atoms with E-state index in [4.69, 9.17) is 7.85 Å². The predicted octanol–water partition coefficient (Wildman–Crippen LogP) is 4.85. The summed E-state index contributed by atoms with van der Waals surface area (Å²) in [5, 5.41) is 8.47. The summed E-state index contributed by atoms with van der Waals surface area (Å²) >= 11 is 0. The van der Waals surface area contributed by atoms with Crippen molar-refractivity contribution in [1.82, 2.24) is 20.0 Å². The summed E-state index contributed by atoms with van der Waals surface area (Å²) in [5.41, 5.74) is 4.54. The summed E-state index contributed by atoms with van der Waals surface area (Å²) in [7, 11) is 6.11. The molecule has 0 bridgehead atoms. The number of rotatable bonds is 4. The fourth-order valence-electron chi connectivity index (χ4n) is 5.20. The fraction of sp³-hybridized carbons (Fsp3) is 0.423. The minimum absolute atomic E-state index is 0.0534. The van der Waals surface area contributed by atoms with Crippen molar-refractivity contribution in [2.75, 3.05) is 18.0 Å². The molecule has 9 heteroatoms. The Bertz CT molecular complexity index is 1300. The zero-order valence-electron chi connectivity index (χ0n) is 19.4. The molecule has 35 heavy (non-hydrogen) atoms. The van der Waals surface area contributed by atoms with E-state index >= 15 is 0 Å². The molecule has 0 unspecified atom stereocenters. The van der Waals surface area contributed by atoms with Crippen molar-refractivity contribution in [2.24, 2.45) is 5.41 Å². The third kappa shape index (κ3) is 4.37. The van der Waals surface area contributed by atoms with Gasteiger partial charge in [-0.2, -0.15) is 0 Å². The molecule has 178 valence electrons. The predicted molar refractivity (Wildman–Crippen MR) is 130 cm³/mol. The number of alkyl halides is 2. The lowest BCUT2D eigenvalue weighted by Crippen LogP contribution is -2.35. The molecular formula is C26H25BF3N5. The molecule has 1 spiro atoms. The zero-order chi connectivity index (χ0) is 24.2. The van der Waals surface area contributed by atoms with E-state index in [1.54, 1.807) is 10.9 Å². The van der Waals surface area contributed by atoms with Crippen LogP contribution < -0.4 is 10.4 Å². The largest absolute Gasteiger partial charge is 0.370 e. The Morgan fingerprint density at radius 3 is 2.43 bits per heavy atom. The normalized spacial score (nSPS) is 20.7. The van der Waals surface area contributed by atoms with Gasteiger partial charge in [0.1, 0.15) is 19.2 Å². The van der Waals surface area contributed by atoms with E-state index in [2.05, 4.69) is 20.2 Å². The molecule has 2 aromatic heterocycles. The number of piperidine rings is 1. The van der Waals surface area contributed by atoms with Crippen LogP contribution in [0.25, 0.3) is 22.6 Å². The molecule has 3 aliphatic rings. The standard InChI is InChI=1S/C26H25BF3N5/c27-18-1-4-22(23(15-18)34-13-11-25(9-10-25)12-14-34)35-16-21(32-33-35)24-19(28)2-3-20(31-24)17-5-7-26(29,30)8-6-17/h1-5,15-16H,6-14H2. The zero-order valence-corrected chi connectivity index (χ0v) is 19.4.